The van der Waals surface area contributed by atoms with Crippen LogP contribution in [0.3, 0.4) is 0 Å². The molecule has 0 aliphatic heterocycles. The highest BCUT2D eigenvalue weighted by atomic mass is 35.5. The summed E-state index contributed by atoms with van der Waals surface area (Å²) in [6, 6.07) is 72.3. The van der Waals surface area contributed by atoms with Gasteiger partial charge in [-0.15, -0.1) is 23.2 Å². The van der Waals surface area contributed by atoms with Gasteiger partial charge in [0.25, 0.3) is 11.8 Å². The first-order valence-electron chi connectivity index (χ1n) is 41.5. The van der Waals surface area contributed by atoms with Gasteiger partial charge < -0.3 is 64.7 Å². The lowest BCUT2D eigenvalue weighted by molar-refractivity contribution is -0.118. The Labute approximate surface area is 782 Å². The third kappa shape index (κ3) is 49.8. The highest BCUT2D eigenvalue weighted by molar-refractivity contribution is 6.74. The van der Waals surface area contributed by atoms with Gasteiger partial charge in [0.15, 0.2) is 31.5 Å². The van der Waals surface area contributed by atoms with Crippen molar-refractivity contribution in [1.29, 1.82) is 0 Å². The van der Waals surface area contributed by atoms with E-state index in [-0.39, 0.29) is 99.4 Å². The summed E-state index contributed by atoms with van der Waals surface area (Å²) in [4.78, 5) is 122. The number of aliphatic hydroxyl groups is 2. The van der Waals surface area contributed by atoms with Crippen molar-refractivity contribution in [2.45, 2.75) is 106 Å². The molecular weight excluding hydrogens is 1740 g/mol. The molecule has 130 heavy (non-hydrogen) atoms. The average Bonchev–Trinajstić information content (AvgIpc) is 0.826. The standard InChI is InChI=1S/C20H23NO3.2C18H20N2O4.C14H25NOSi.C11H11ClO3.C8H9NO2.C6H15N.C2H2Cl2O.CH4.H3NO/c1-3-13-21(18-7-5-4-6-8-18)15-19(22)14-16-9-11-17(12-10-16)20(23)24-2;2*21-11-10-20(16-4-2-1-3-5-16)13-17(22)12-14-6-8-15(9-7-14)18(23)19-24;1-14(2,3)17(4,5)16-12-11-15-13-9-7-6-8-10-13;1-15-11(14)9-4-2-8(3-5-9)6-10(13)7-12;1-11-8(10)6-2-4-7(9)5-3-6;1-4-7(5-2)6-3;3-1-2(4)5;;1-2/h4-12H,3,13-15H2,1-2H3;2*1-9,21,24H,10-13H2,(H,19,23);6-10,15H,11-12H2,1-5H3;2-5H,6-7H2,1H3;2-5H,9H2,1H3;4-6H2,1-3H3;1H2;1H4;2H,1H2. The minimum Gasteiger partial charge on any atom is -0.465 e. The van der Waals surface area contributed by atoms with Crippen LogP contribution in [0.4, 0.5) is 28.4 Å². The van der Waals surface area contributed by atoms with Crippen molar-refractivity contribution >= 4 is 130 Å². The maximum atomic E-state index is 12.4. The van der Waals surface area contributed by atoms with Gasteiger partial charge in [-0.3, -0.25) is 44.0 Å². The number of hydroxylamine groups is 2. The number of amides is 2. The molecule has 2 amide bonds. The molecule has 708 valence electrons. The molecule has 0 unspecified atom stereocenters. The number of carbonyl (C=O) groups is 10. The molecule has 0 fully saturated rings. The first-order valence-corrected chi connectivity index (χ1v) is 45.9. The topological polar surface area (TPSA) is 410 Å². The number of rotatable bonds is 38. The molecule has 0 saturated carbocycles. The van der Waals surface area contributed by atoms with Gasteiger partial charge >= 0.3 is 17.9 Å². The highest BCUT2D eigenvalue weighted by Gasteiger charge is 2.37. The molecule has 0 saturated heterocycles. The number of nitrogens with one attached hydrogen (secondary N) is 3. The Morgan fingerprint density at radius 2 is 0.692 bits per heavy atom. The van der Waals surface area contributed by atoms with E-state index < -0.39 is 25.4 Å². The zero-order valence-corrected chi connectivity index (χ0v) is 79.0. The van der Waals surface area contributed by atoms with Gasteiger partial charge in [0.1, 0.15) is 0 Å². The number of ether oxygens (including phenoxy) is 3. The molecule has 9 aromatic rings. The Bertz CT molecular complexity index is 4350. The lowest BCUT2D eigenvalue weighted by Gasteiger charge is -2.36. The summed E-state index contributed by atoms with van der Waals surface area (Å²) >= 11 is 14.9. The minimum atomic E-state index is -1.58. The van der Waals surface area contributed by atoms with Crippen LogP contribution in [-0.4, -0.2) is 216 Å². The summed E-state index contributed by atoms with van der Waals surface area (Å²) in [5.74, 6) is 1.26. The summed E-state index contributed by atoms with van der Waals surface area (Å²) in [6.45, 7) is 27.6. The van der Waals surface area contributed by atoms with Gasteiger partial charge in [0.05, 0.1) is 89.2 Å². The number of methoxy groups -OCH3 is 3. The van der Waals surface area contributed by atoms with E-state index in [9.17, 15) is 58.2 Å². The molecule has 0 spiro atoms. The van der Waals surface area contributed by atoms with Crippen molar-refractivity contribution < 1.29 is 92.4 Å². The summed E-state index contributed by atoms with van der Waals surface area (Å²) in [7, 11) is 2.44. The van der Waals surface area contributed by atoms with Crippen molar-refractivity contribution in [2.75, 3.05) is 144 Å². The lowest BCUT2D eigenvalue weighted by Crippen LogP contribution is -2.41. The summed E-state index contributed by atoms with van der Waals surface area (Å²) in [5.41, 5.74) is 18.6. The predicted octanol–water partition coefficient (Wildman–Crippen LogP) is 15.6. The maximum absolute atomic E-state index is 12.4. The predicted molar refractivity (Wildman–Crippen MR) is 521 cm³/mol. The number of halogens is 3. The fourth-order valence-electron chi connectivity index (χ4n) is 11.2. The third-order valence-corrected chi connectivity index (χ3v) is 24.4. The molecule has 32 heteroatoms. The molecule has 12 N–H and O–H groups in total. The Morgan fingerprint density at radius 3 is 0.938 bits per heavy atom. The fourth-order valence-corrected chi connectivity index (χ4v) is 12.3. The van der Waals surface area contributed by atoms with E-state index in [2.05, 4.69) is 109 Å². The van der Waals surface area contributed by atoms with E-state index in [4.69, 9.17) is 60.6 Å². The van der Waals surface area contributed by atoms with Gasteiger partial charge in [-0.2, -0.15) is 0 Å². The number of benzene rings is 9. The van der Waals surface area contributed by atoms with Crippen LogP contribution in [0.2, 0.25) is 18.1 Å². The van der Waals surface area contributed by atoms with Crippen molar-refractivity contribution in [3.05, 3.63) is 293 Å². The van der Waals surface area contributed by atoms with E-state index in [0.717, 1.165) is 71.1 Å². The number of para-hydroxylation sites is 4. The van der Waals surface area contributed by atoms with Gasteiger partial charge in [-0.1, -0.05) is 177 Å². The first kappa shape index (κ1) is 118. The summed E-state index contributed by atoms with van der Waals surface area (Å²) in [5, 5.41) is 45.2. The van der Waals surface area contributed by atoms with E-state index >= 15 is 0 Å². The molecule has 0 aliphatic carbocycles. The van der Waals surface area contributed by atoms with Crippen LogP contribution in [0.25, 0.3) is 0 Å². The number of aliphatic hydroxyl groups excluding tert-OH is 2. The minimum absolute atomic E-state index is 0. The van der Waals surface area contributed by atoms with E-state index in [1.165, 1.54) is 41.0 Å². The van der Waals surface area contributed by atoms with E-state index in [1.807, 2.05) is 119 Å². The molecular formula is C98H132Cl3N9O19Si. The SMILES string of the molecule is C.CC(C)(C)[Si](C)(C)OCCNc1ccccc1.CCCN(CC(=O)Cc1ccc(C(=O)OC)cc1)c1ccccc1.CCN(CC)CC.COC(=O)c1ccc(CC(=O)CCl)cc1.COC(=O)c1ccc(N)cc1.NO.O=C(Cc1ccc(C(=O)NO)cc1)CN(CCO)c1ccccc1.O=C(Cc1ccc(C(=O)NO)cc1)CN(CCO)c1ccccc1.O=C(Cl)CCl. The molecule has 0 radical (unpaired) electrons. The second-order valence-corrected chi connectivity index (χ2v) is 35.3. The number of nitrogens with two attached hydrogens (primary N) is 2. The summed E-state index contributed by atoms with van der Waals surface area (Å²) < 4.78 is 19.8. The van der Waals surface area contributed by atoms with Gasteiger partial charge in [0, 0.05) is 91.4 Å². The molecule has 28 nitrogen and oxygen atoms in total. The number of ketones is 4. The number of hydrogen-bond acceptors (Lipinski definition) is 26. The van der Waals surface area contributed by atoms with Crippen LogP contribution in [0.15, 0.2) is 243 Å². The molecule has 0 atom stereocenters. The Balaban J connectivity index is 0.00000151. The van der Waals surface area contributed by atoms with Crippen LogP contribution in [0.1, 0.15) is 136 Å². The van der Waals surface area contributed by atoms with Crippen molar-refractivity contribution in [3.63, 3.8) is 0 Å². The molecule has 9 rings (SSSR count). The molecule has 0 bridgehead atoms. The quantitative estimate of drug-likeness (QED) is 0.00198. The van der Waals surface area contributed by atoms with Gasteiger partial charge in [-0.05, 0) is 199 Å². The number of carbonyl (C=O) groups excluding carboxylic acids is 10. The second-order valence-electron chi connectivity index (χ2n) is 29.5. The van der Waals surface area contributed by atoms with E-state index in [1.54, 1.807) is 132 Å². The monoisotopic (exact) mass is 1870 g/mol. The Hall–Kier alpha value is -11.6. The van der Waals surface area contributed by atoms with Crippen molar-refractivity contribution in [1.82, 2.24) is 15.9 Å². The zero-order valence-electron chi connectivity index (χ0n) is 75.8. The molecule has 0 aromatic heterocycles. The smallest absolute Gasteiger partial charge is 0.337 e. The van der Waals surface area contributed by atoms with Crippen LogP contribution in [0, 0.1) is 0 Å². The van der Waals surface area contributed by atoms with Crippen LogP contribution >= 0.6 is 34.8 Å². The normalized spacial score (nSPS) is 10.1. The molecule has 9 aromatic carbocycles. The number of hydrogen-bond donors (Lipinski definition) is 10. The largest absolute Gasteiger partial charge is 0.465 e. The van der Waals surface area contributed by atoms with Gasteiger partial charge in [0.2, 0.25) is 5.24 Å². The highest BCUT2D eigenvalue weighted by Crippen LogP contribution is 2.36. The van der Waals surface area contributed by atoms with Crippen LogP contribution in [0.5, 0.6) is 0 Å². The number of nitrogens with zero attached hydrogens (tertiary/aromatic N) is 4. The van der Waals surface area contributed by atoms with E-state index in [0.29, 0.717) is 71.0 Å². The number of esters is 3. The number of alkyl halides is 2. The lowest BCUT2D eigenvalue weighted by atomic mass is 10.1. The number of Topliss-reactive ketones (excluding diaryl/α,β-unsaturated/α-hetero) is 4. The van der Waals surface area contributed by atoms with Crippen LogP contribution < -0.4 is 42.6 Å². The average molecular weight is 1870 g/mol. The maximum Gasteiger partial charge on any atom is 0.337 e. The van der Waals surface area contributed by atoms with Crippen molar-refractivity contribution in [2.24, 2.45) is 5.90 Å². The zero-order chi connectivity index (χ0) is 96.5. The Kier molecular flexibility index (Phi) is 63.3. The number of nitrogen functional groups attached to an aromatic ring is 1. The first-order chi connectivity index (χ1) is 61.8. The van der Waals surface area contributed by atoms with Crippen LogP contribution in [-0.2, 0) is 68.3 Å². The fraction of sp³-hybridized carbons (Fsp3) is 0.347. The van der Waals surface area contributed by atoms with Crippen molar-refractivity contribution in [3.8, 4) is 0 Å². The second kappa shape index (κ2) is 69.4. The third-order valence-electron chi connectivity index (χ3n) is 19.1. The summed E-state index contributed by atoms with van der Waals surface area (Å²) in [6.07, 6.45) is 2.10. The van der Waals surface area contributed by atoms with Gasteiger partial charge in [-0.25, -0.2) is 31.2 Å². The number of anilines is 5. The molecule has 0 aliphatic rings. The molecule has 0 heterocycles. The Morgan fingerprint density at radius 1 is 0.415 bits per heavy atom.